The quantitative estimate of drug-likeness (QED) is 0.652. The van der Waals surface area contributed by atoms with Gasteiger partial charge in [0.05, 0.1) is 19.8 Å². The molecule has 0 atom stereocenters. The molecular weight excluding hydrogens is 172 g/mol. The minimum atomic E-state index is 0.451. The van der Waals surface area contributed by atoms with Crippen molar-refractivity contribution in [3.05, 3.63) is 29.8 Å². The van der Waals surface area contributed by atoms with E-state index in [0.29, 0.717) is 5.05 Å². The van der Waals surface area contributed by atoms with Gasteiger partial charge in [-0.1, -0.05) is 12.1 Å². The Hall–Kier alpha value is -1.09. The molecular formula is C9H10O2S. The van der Waals surface area contributed by atoms with Crippen LogP contribution in [0.15, 0.2) is 24.3 Å². The van der Waals surface area contributed by atoms with Crippen molar-refractivity contribution in [3.63, 3.8) is 0 Å². The molecule has 1 aromatic carbocycles. The van der Waals surface area contributed by atoms with Gasteiger partial charge in [0.15, 0.2) is 5.05 Å². The normalized spacial score (nSPS) is 9.17. The Morgan fingerprint density at radius 2 is 1.92 bits per heavy atom. The first-order chi connectivity index (χ1) is 5.79. The van der Waals surface area contributed by atoms with E-state index in [-0.39, 0.29) is 0 Å². The van der Waals surface area contributed by atoms with Crippen molar-refractivity contribution in [2.45, 2.75) is 0 Å². The summed E-state index contributed by atoms with van der Waals surface area (Å²) in [4.78, 5) is 0. The highest BCUT2D eigenvalue weighted by molar-refractivity contribution is 7.80. The number of methoxy groups -OCH3 is 2. The van der Waals surface area contributed by atoms with Crippen LogP contribution in [0.3, 0.4) is 0 Å². The van der Waals surface area contributed by atoms with Crippen LogP contribution in [-0.2, 0) is 4.74 Å². The topological polar surface area (TPSA) is 18.5 Å². The zero-order chi connectivity index (χ0) is 8.97. The molecule has 0 radical (unpaired) electrons. The minimum Gasteiger partial charge on any atom is -0.496 e. The van der Waals surface area contributed by atoms with Crippen LogP contribution in [0.2, 0.25) is 0 Å². The second-order valence-electron chi connectivity index (χ2n) is 2.19. The van der Waals surface area contributed by atoms with Gasteiger partial charge in [-0.15, -0.1) is 0 Å². The minimum absolute atomic E-state index is 0.451. The van der Waals surface area contributed by atoms with Gasteiger partial charge in [0, 0.05) is 0 Å². The van der Waals surface area contributed by atoms with Gasteiger partial charge in [-0.25, -0.2) is 0 Å². The summed E-state index contributed by atoms with van der Waals surface area (Å²) in [5.74, 6) is 0.740. The first-order valence-corrected chi connectivity index (χ1v) is 3.91. The van der Waals surface area contributed by atoms with Crippen LogP contribution in [0.25, 0.3) is 0 Å². The summed E-state index contributed by atoms with van der Waals surface area (Å²) in [6.45, 7) is 0. The van der Waals surface area contributed by atoms with E-state index in [9.17, 15) is 0 Å². The second kappa shape index (κ2) is 4.07. The molecule has 0 fully saturated rings. The van der Waals surface area contributed by atoms with Gasteiger partial charge in [0.1, 0.15) is 5.75 Å². The lowest BCUT2D eigenvalue weighted by Gasteiger charge is -2.07. The Balaban J connectivity index is 3.04. The van der Waals surface area contributed by atoms with E-state index in [1.807, 2.05) is 24.3 Å². The molecule has 0 bridgehead atoms. The third-order valence-electron chi connectivity index (χ3n) is 1.51. The smallest absolute Gasteiger partial charge is 0.194 e. The summed E-state index contributed by atoms with van der Waals surface area (Å²) in [5, 5.41) is 0.451. The summed E-state index contributed by atoms with van der Waals surface area (Å²) < 4.78 is 10.0. The summed E-state index contributed by atoms with van der Waals surface area (Å²) in [6, 6.07) is 7.50. The molecule has 0 aliphatic rings. The summed E-state index contributed by atoms with van der Waals surface area (Å²) in [6.07, 6.45) is 0. The highest BCUT2D eigenvalue weighted by Crippen LogP contribution is 2.18. The highest BCUT2D eigenvalue weighted by Gasteiger charge is 2.06. The zero-order valence-corrected chi connectivity index (χ0v) is 7.85. The van der Waals surface area contributed by atoms with E-state index in [0.717, 1.165) is 11.3 Å². The lowest BCUT2D eigenvalue weighted by atomic mass is 10.2. The fourth-order valence-corrected chi connectivity index (χ4v) is 1.09. The van der Waals surface area contributed by atoms with Gasteiger partial charge in [0.25, 0.3) is 0 Å². The predicted octanol–water partition coefficient (Wildman–Crippen LogP) is 2.02. The number of benzene rings is 1. The average molecular weight is 182 g/mol. The number of hydrogen-bond acceptors (Lipinski definition) is 3. The summed E-state index contributed by atoms with van der Waals surface area (Å²) in [7, 11) is 3.16. The molecule has 12 heavy (non-hydrogen) atoms. The van der Waals surface area contributed by atoms with Crippen molar-refractivity contribution in [3.8, 4) is 5.75 Å². The Kier molecular flexibility index (Phi) is 3.05. The number of thiocarbonyl (C=S) groups is 1. The Morgan fingerprint density at radius 3 is 2.50 bits per heavy atom. The molecule has 3 heteroatoms. The second-order valence-corrected chi connectivity index (χ2v) is 2.56. The molecule has 0 aliphatic carbocycles. The number of rotatable bonds is 2. The first kappa shape index (κ1) is 9.00. The maximum atomic E-state index is 5.10. The van der Waals surface area contributed by atoms with Crippen molar-refractivity contribution in [2.24, 2.45) is 0 Å². The van der Waals surface area contributed by atoms with Crippen molar-refractivity contribution >= 4 is 17.3 Å². The fourth-order valence-electron chi connectivity index (χ4n) is 0.923. The van der Waals surface area contributed by atoms with E-state index in [1.54, 1.807) is 14.2 Å². The fraction of sp³-hybridized carbons (Fsp3) is 0.222. The largest absolute Gasteiger partial charge is 0.496 e. The van der Waals surface area contributed by atoms with E-state index in [2.05, 4.69) is 0 Å². The van der Waals surface area contributed by atoms with E-state index >= 15 is 0 Å². The zero-order valence-electron chi connectivity index (χ0n) is 7.03. The summed E-state index contributed by atoms with van der Waals surface area (Å²) >= 11 is 4.97. The molecule has 0 amide bonds. The van der Waals surface area contributed by atoms with Crippen molar-refractivity contribution in [2.75, 3.05) is 14.2 Å². The number of hydrogen-bond donors (Lipinski definition) is 0. The molecule has 0 aromatic heterocycles. The Morgan fingerprint density at radius 1 is 1.25 bits per heavy atom. The van der Waals surface area contributed by atoms with Crippen molar-refractivity contribution in [1.29, 1.82) is 0 Å². The third-order valence-corrected chi connectivity index (χ3v) is 1.90. The van der Waals surface area contributed by atoms with Gasteiger partial charge in [-0.3, -0.25) is 0 Å². The molecule has 0 aliphatic heterocycles. The van der Waals surface area contributed by atoms with Crippen molar-refractivity contribution in [1.82, 2.24) is 0 Å². The third kappa shape index (κ3) is 1.74. The molecule has 64 valence electrons. The van der Waals surface area contributed by atoms with Crippen LogP contribution >= 0.6 is 12.2 Å². The van der Waals surface area contributed by atoms with Gasteiger partial charge in [-0.2, -0.15) is 0 Å². The van der Waals surface area contributed by atoms with Crippen LogP contribution in [0, 0.1) is 0 Å². The van der Waals surface area contributed by atoms with Gasteiger partial charge in [-0.05, 0) is 24.4 Å². The van der Waals surface area contributed by atoms with Crippen LogP contribution < -0.4 is 4.74 Å². The average Bonchev–Trinajstić information content (AvgIpc) is 2.16. The lowest BCUT2D eigenvalue weighted by Crippen LogP contribution is -2.01. The molecule has 0 N–H and O–H groups in total. The SMILES string of the molecule is COC(=S)c1ccccc1OC. The highest BCUT2D eigenvalue weighted by atomic mass is 32.1. The van der Waals surface area contributed by atoms with E-state index in [4.69, 9.17) is 21.7 Å². The monoisotopic (exact) mass is 182 g/mol. The molecule has 2 nitrogen and oxygen atoms in total. The molecule has 0 spiro atoms. The molecule has 1 aromatic rings. The van der Waals surface area contributed by atoms with Gasteiger partial charge in [0.2, 0.25) is 0 Å². The molecule has 0 unspecified atom stereocenters. The van der Waals surface area contributed by atoms with Crippen LogP contribution in [0.4, 0.5) is 0 Å². The van der Waals surface area contributed by atoms with Gasteiger partial charge >= 0.3 is 0 Å². The van der Waals surface area contributed by atoms with Crippen LogP contribution in [-0.4, -0.2) is 19.3 Å². The number of para-hydroxylation sites is 1. The Labute approximate surface area is 77.1 Å². The van der Waals surface area contributed by atoms with Gasteiger partial charge < -0.3 is 9.47 Å². The molecule has 1 rings (SSSR count). The van der Waals surface area contributed by atoms with E-state index in [1.165, 1.54) is 0 Å². The van der Waals surface area contributed by atoms with Crippen LogP contribution in [0.1, 0.15) is 5.56 Å². The standard InChI is InChI=1S/C9H10O2S/c1-10-8-6-4-3-5-7(8)9(12)11-2/h3-6H,1-2H3. The summed E-state index contributed by atoms with van der Waals surface area (Å²) in [5.41, 5.74) is 0.817. The predicted molar refractivity (Wildman–Crippen MR) is 51.7 cm³/mol. The lowest BCUT2D eigenvalue weighted by molar-refractivity contribution is 0.397. The van der Waals surface area contributed by atoms with Crippen LogP contribution in [0.5, 0.6) is 5.75 Å². The Bertz CT molecular complexity index is 284. The number of ether oxygens (including phenoxy) is 2. The first-order valence-electron chi connectivity index (χ1n) is 3.51. The maximum Gasteiger partial charge on any atom is 0.194 e. The van der Waals surface area contributed by atoms with E-state index < -0.39 is 0 Å². The maximum absolute atomic E-state index is 5.10. The molecule has 0 heterocycles. The molecule has 0 saturated carbocycles. The van der Waals surface area contributed by atoms with Crippen molar-refractivity contribution < 1.29 is 9.47 Å². The molecule has 0 saturated heterocycles.